The summed E-state index contributed by atoms with van der Waals surface area (Å²) in [6, 6.07) is 14.5. The van der Waals surface area contributed by atoms with Crippen molar-refractivity contribution in [3.63, 3.8) is 0 Å². The quantitative estimate of drug-likeness (QED) is 0.598. The number of ether oxygens (including phenoxy) is 1. The molecule has 0 aliphatic rings. The van der Waals surface area contributed by atoms with E-state index in [1.807, 2.05) is 25.1 Å². The maximum atomic E-state index is 12.8. The number of esters is 1. The van der Waals surface area contributed by atoms with Crippen molar-refractivity contribution in [2.24, 2.45) is 0 Å². The first-order chi connectivity index (χ1) is 14.1. The highest BCUT2D eigenvalue weighted by Crippen LogP contribution is 2.20. The zero-order valence-electron chi connectivity index (χ0n) is 17.9. The summed E-state index contributed by atoms with van der Waals surface area (Å²) in [5, 5.41) is 0. The van der Waals surface area contributed by atoms with Crippen LogP contribution >= 0.6 is 0 Å². The Morgan fingerprint density at radius 3 is 2.20 bits per heavy atom. The molecule has 0 radical (unpaired) electrons. The van der Waals surface area contributed by atoms with E-state index in [9.17, 15) is 18.0 Å². The van der Waals surface area contributed by atoms with E-state index in [1.54, 1.807) is 26.0 Å². The molecular weight excluding hydrogens is 404 g/mol. The first-order valence-electron chi connectivity index (χ1n) is 9.75. The average Bonchev–Trinajstić information content (AvgIpc) is 2.74. The molecule has 0 bridgehead atoms. The Labute approximate surface area is 178 Å². The highest BCUT2D eigenvalue weighted by molar-refractivity contribution is 7.89. The molecule has 0 saturated carbocycles. The number of rotatable bonds is 8. The molecule has 0 heterocycles. The fourth-order valence-corrected chi connectivity index (χ4v) is 4.21. The van der Waals surface area contributed by atoms with Gasteiger partial charge in [-0.1, -0.05) is 24.3 Å². The van der Waals surface area contributed by atoms with Crippen LogP contribution in [0, 0.1) is 0 Å². The Morgan fingerprint density at radius 1 is 1.00 bits per heavy atom. The largest absolute Gasteiger partial charge is 0.449 e. The summed E-state index contributed by atoms with van der Waals surface area (Å²) >= 11 is 0. The Bertz CT molecular complexity index is 990. The van der Waals surface area contributed by atoms with Gasteiger partial charge in [0.15, 0.2) is 6.10 Å². The summed E-state index contributed by atoms with van der Waals surface area (Å²) in [4.78, 5) is 26.9. The first-order valence-corrected chi connectivity index (χ1v) is 11.2. The number of carbonyl (C=O) groups excluding carboxylic acids is 2. The Morgan fingerprint density at radius 2 is 1.63 bits per heavy atom. The fraction of sp³-hybridized carbons (Fsp3) is 0.364. The minimum atomic E-state index is -3.74. The van der Waals surface area contributed by atoms with Crippen LogP contribution in [0.5, 0.6) is 0 Å². The second-order valence-electron chi connectivity index (χ2n) is 7.11. The van der Waals surface area contributed by atoms with Crippen molar-refractivity contribution < 1.29 is 22.7 Å². The topological polar surface area (TPSA) is 84.0 Å². The number of amides is 1. The molecule has 2 aromatic rings. The number of anilines is 1. The molecule has 1 atom stereocenters. The van der Waals surface area contributed by atoms with E-state index in [2.05, 4.69) is 0 Å². The summed E-state index contributed by atoms with van der Waals surface area (Å²) in [7, 11) is -2.26. The van der Waals surface area contributed by atoms with Gasteiger partial charge in [0.05, 0.1) is 10.5 Å². The van der Waals surface area contributed by atoms with Crippen LogP contribution in [0.4, 0.5) is 5.69 Å². The Balaban J connectivity index is 2.19. The van der Waals surface area contributed by atoms with Crippen LogP contribution in [-0.2, 0) is 19.6 Å². The number of hydrogen-bond donors (Lipinski definition) is 0. The van der Waals surface area contributed by atoms with E-state index < -0.39 is 22.1 Å². The van der Waals surface area contributed by atoms with Gasteiger partial charge in [0.1, 0.15) is 0 Å². The molecular formula is C22H28N2O5S. The van der Waals surface area contributed by atoms with Crippen LogP contribution in [0.25, 0.3) is 0 Å². The molecule has 0 unspecified atom stereocenters. The molecule has 7 nitrogen and oxygen atoms in total. The summed E-state index contributed by atoms with van der Waals surface area (Å²) in [6.07, 6.45) is -1.03. The zero-order chi connectivity index (χ0) is 22.5. The maximum absolute atomic E-state index is 12.8. The predicted molar refractivity (Wildman–Crippen MR) is 116 cm³/mol. The highest BCUT2D eigenvalue weighted by atomic mass is 32.2. The number of hydrogen-bond acceptors (Lipinski definition) is 5. The van der Waals surface area contributed by atoms with Crippen molar-refractivity contribution in [3.8, 4) is 0 Å². The predicted octanol–water partition coefficient (Wildman–Crippen LogP) is 3.31. The molecule has 0 aliphatic heterocycles. The van der Waals surface area contributed by atoms with Crippen LogP contribution in [0.3, 0.4) is 0 Å². The van der Waals surface area contributed by atoms with Crippen LogP contribution < -0.4 is 4.90 Å². The van der Waals surface area contributed by atoms with Gasteiger partial charge < -0.3 is 9.64 Å². The molecule has 0 spiro atoms. The standard InChI is InChI=1S/C22H28N2O5S/c1-6-24(19-12-8-7-9-13-19)21(25)17(4)29-22(26)18-11-10-14-20(15-18)30(27,28)23(5)16(2)3/h7-17H,6H2,1-5H3/t17-/m0/s1. The van der Waals surface area contributed by atoms with Gasteiger partial charge in [0.25, 0.3) is 5.91 Å². The van der Waals surface area contributed by atoms with E-state index in [0.717, 1.165) is 0 Å². The van der Waals surface area contributed by atoms with Gasteiger partial charge in [-0.25, -0.2) is 13.2 Å². The number of para-hydroxylation sites is 1. The van der Waals surface area contributed by atoms with Crippen molar-refractivity contribution in [1.82, 2.24) is 4.31 Å². The second-order valence-corrected chi connectivity index (χ2v) is 9.11. The van der Waals surface area contributed by atoms with Crippen LogP contribution in [0.2, 0.25) is 0 Å². The Hall–Kier alpha value is -2.71. The molecule has 8 heteroatoms. The van der Waals surface area contributed by atoms with Gasteiger partial charge in [0, 0.05) is 25.3 Å². The van der Waals surface area contributed by atoms with Gasteiger partial charge in [-0.15, -0.1) is 0 Å². The van der Waals surface area contributed by atoms with E-state index in [4.69, 9.17) is 4.74 Å². The molecule has 2 aromatic carbocycles. The van der Waals surface area contributed by atoms with E-state index in [-0.39, 0.29) is 22.4 Å². The highest BCUT2D eigenvalue weighted by Gasteiger charge is 2.27. The minimum Gasteiger partial charge on any atom is -0.449 e. The number of sulfonamides is 1. The third-order valence-electron chi connectivity index (χ3n) is 4.76. The number of likely N-dealkylation sites (N-methyl/N-ethyl adjacent to an activating group) is 1. The summed E-state index contributed by atoms with van der Waals surface area (Å²) in [6.45, 7) is 7.27. The minimum absolute atomic E-state index is 0.00778. The average molecular weight is 433 g/mol. The van der Waals surface area contributed by atoms with Gasteiger partial charge in [-0.2, -0.15) is 4.31 Å². The van der Waals surface area contributed by atoms with Crippen molar-refractivity contribution in [2.75, 3.05) is 18.5 Å². The van der Waals surface area contributed by atoms with Crippen LogP contribution in [0.15, 0.2) is 59.5 Å². The second kappa shape index (κ2) is 9.86. The van der Waals surface area contributed by atoms with Gasteiger partial charge in [-0.3, -0.25) is 4.79 Å². The number of carbonyl (C=O) groups is 2. The molecule has 0 N–H and O–H groups in total. The number of benzene rings is 2. The van der Waals surface area contributed by atoms with Crippen molar-refractivity contribution in [1.29, 1.82) is 0 Å². The normalized spacial score (nSPS) is 12.6. The van der Waals surface area contributed by atoms with Crippen LogP contribution in [-0.4, -0.2) is 50.3 Å². The Kier molecular flexibility index (Phi) is 7.75. The van der Waals surface area contributed by atoms with Crippen molar-refractivity contribution >= 4 is 27.6 Å². The molecule has 1 amide bonds. The third kappa shape index (κ3) is 5.25. The third-order valence-corrected chi connectivity index (χ3v) is 6.79. The molecule has 2 rings (SSSR count). The monoisotopic (exact) mass is 432 g/mol. The SMILES string of the molecule is CCN(C(=O)[C@H](C)OC(=O)c1cccc(S(=O)(=O)N(C)C(C)C)c1)c1ccccc1. The number of nitrogens with zero attached hydrogens (tertiary/aromatic N) is 2. The smallest absolute Gasteiger partial charge is 0.338 e. The first kappa shape index (κ1) is 23.6. The summed E-state index contributed by atoms with van der Waals surface area (Å²) in [5.41, 5.74) is 0.772. The van der Waals surface area contributed by atoms with Crippen molar-refractivity contribution in [3.05, 3.63) is 60.2 Å². The molecule has 30 heavy (non-hydrogen) atoms. The lowest BCUT2D eigenvalue weighted by molar-refractivity contribution is -0.126. The molecule has 162 valence electrons. The van der Waals surface area contributed by atoms with E-state index >= 15 is 0 Å². The lowest BCUT2D eigenvalue weighted by Gasteiger charge is -2.24. The summed E-state index contributed by atoms with van der Waals surface area (Å²) < 4.78 is 31.9. The van der Waals surface area contributed by atoms with Gasteiger partial charge >= 0.3 is 5.97 Å². The van der Waals surface area contributed by atoms with E-state index in [0.29, 0.717) is 12.2 Å². The zero-order valence-corrected chi connectivity index (χ0v) is 18.7. The van der Waals surface area contributed by atoms with Crippen molar-refractivity contribution in [2.45, 2.75) is 44.7 Å². The lowest BCUT2D eigenvalue weighted by Crippen LogP contribution is -2.40. The molecule has 0 aromatic heterocycles. The van der Waals surface area contributed by atoms with Gasteiger partial charge in [-0.05, 0) is 58.0 Å². The molecule has 0 saturated heterocycles. The lowest BCUT2D eigenvalue weighted by atomic mass is 10.2. The summed E-state index contributed by atoms with van der Waals surface area (Å²) in [5.74, 6) is -1.12. The maximum Gasteiger partial charge on any atom is 0.338 e. The van der Waals surface area contributed by atoms with Gasteiger partial charge in [0.2, 0.25) is 10.0 Å². The van der Waals surface area contributed by atoms with E-state index in [1.165, 1.54) is 47.4 Å². The molecule has 0 fully saturated rings. The fourth-order valence-electron chi connectivity index (χ4n) is 2.80. The molecule has 0 aliphatic carbocycles. The van der Waals surface area contributed by atoms with Crippen LogP contribution in [0.1, 0.15) is 38.1 Å².